The van der Waals surface area contributed by atoms with Gasteiger partial charge >= 0.3 is 5.97 Å². The molecule has 1 saturated heterocycles. The minimum absolute atomic E-state index is 0.0702. The molecule has 0 saturated carbocycles. The van der Waals surface area contributed by atoms with Gasteiger partial charge in [-0.15, -0.1) is 0 Å². The Morgan fingerprint density at radius 3 is 2.59 bits per heavy atom. The van der Waals surface area contributed by atoms with E-state index in [1.54, 1.807) is 18.2 Å². The molecule has 0 aromatic heterocycles. The number of carboxylic acids is 1. The molecule has 7 nitrogen and oxygen atoms in total. The van der Waals surface area contributed by atoms with E-state index in [4.69, 9.17) is 5.11 Å². The van der Waals surface area contributed by atoms with Gasteiger partial charge in [0.25, 0.3) is 5.91 Å². The van der Waals surface area contributed by atoms with Gasteiger partial charge in [-0.2, -0.15) is 5.10 Å². The van der Waals surface area contributed by atoms with Crippen molar-refractivity contribution in [1.82, 2.24) is 10.3 Å². The first kappa shape index (κ1) is 18.3. The maximum Gasteiger partial charge on any atom is 0.336 e. The maximum absolute atomic E-state index is 12.2. The van der Waals surface area contributed by atoms with Crippen LogP contribution in [-0.2, 0) is 9.59 Å². The number of rotatable bonds is 6. The van der Waals surface area contributed by atoms with Gasteiger partial charge in [-0.05, 0) is 11.6 Å². The number of carbonyl (C=O) groups excluding carboxylic acids is 2. The van der Waals surface area contributed by atoms with Gasteiger partial charge in [0, 0.05) is 24.4 Å². The Morgan fingerprint density at radius 2 is 1.85 bits per heavy atom. The van der Waals surface area contributed by atoms with Gasteiger partial charge in [0.2, 0.25) is 5.91 Å². The zero-order valence-electron chi connectivity index (χ0n) is 14.5. The molecule has 1 aliphatic heterocycles. The van der Waals surface area contributed by atoms with E-state index in [0.29, 0.717) is 18.5 Å². The first-order valence-electron chi connectivity index (χ1n) is 8.51. The highest BCUT2D eigenvalue weighted by Gasteiger charge is 2.31. The highest BCUT2D eigenvalue weighted by Crippen LogP contribution is 2.27. The Kier molecular flexibility index (Phi) is 5.61. The third kappa shape index (κ3) is 4.58. The van der Waals surface area contributed by atoms with E-state index in [-0.39, 0.29) is 23.9 Å². The Labute approximate surface area is 156 Å². The number of hydrogen-bond acceptors (Lipinski definition) is 4. The number of amides is 2. The standard InChI is InChI=1S/C20H19N3O4/c24-18(22-21-11-15-8-4-5-9-17(15)20(26)27)13-23-12-16(10-19(23)25)14-6-2-1-3-7-14/h1-9,11,16H,10,12-13H2,(H,22,24)(H,26,27)/b21-11-/t16-/m1/s1. The summed E-state index contributed by atoms with van der Waals surface area (Å²) in [7, 11) is 0. The van der Waals surface area contributed by atoms with E-state index in [1.165, 1.54) is 17.2 Å². The van der Waals surface area contributed by atoms with Gasteiger partial charge in [0.1, 0.15) is 6.54 Å². The molecule has 2 aromatic rings. The van der Waals surface area contributed by atoms with Crippen molar-refractivity contribution < 1.29 is 19.5 Å². The second-order valence-corrected chi connectivity index (χ2v) is 6.27. The van der Waals surface area contributed by atoms with Crippen LogP contribution < -0.4 is 5.43 Å². The number of carbonyl (C=O) groups is 3. The van der Waals surface area contributed by atoms with Gasteiger partial charge in [0.05, 0.1) is 11.8 Å². The molecule has 2 N–H and O–H groups in total. The van der Waals surface area contributed by atoms with Crippen molar-refractivity contribution in [1.29, 1.82) is 0 Å². The second-order valence-electron chi connectivity index (χ2n) is 6.27. The van der Waals surface area contributed by atoms with Crippen molar-refractivity contribution in [2.75, 3.05) is 13.1 Å². The summed E-state index contributed by atoms with van der Waals surface area (Å²) in [5, 5.41) is 12.9. The molecule has 3 rings (SSSR count). The SMILES string of the molecule is O=C(CN1C[C@H](c2ccccc2)CC1=O)N/N=C\c1ccccc1C(=O)O. The first-order valence-corrected chi connectivity index (χ1v) is 8.51. The average Bonchev–Trinajstić information content (AvgIpc) is 3.03. The Hall–Kier alpha value is -3.48. The predicted molar refractivity (Wildman–Crippen MR) is 99.5 cm³/mol. The van der Waals surface area contributed by atoms with E-state index in [1.807, 2.05) is 30.3 Å². The molecule has 1 heterocycles. The van der Waals surface area contributed by atoms with Crippen molar-refractivity contribution in [2.24, 2.45) is 5.10 Å². The molecule has 0 aliphatic carbocycles. The lowest BCUT2D eigenvalue weighted by atomic mass is 9.99. The summed E-state index contributed by atoms with van der Waals surface area (Å²) in [4.78, 5) is 36.9. The van der Waals surface area contributed by atoms with E-state index in [9.17, 15) is 14.4 Å². The van der Waals surface area contributed by atoms with Crippen LogP contribution in [0.3, 0.4) is 0 Å². The third-order valence-electron chi connectivity index (χ3n) is 4.40. The molecule has 1 atom stereocenters. The number of aromatic carboxylic acids is 1. The van der Waals surface area contributed by atoms with Crippen molar-refractivity contribution in [3.8, 4) is 0 Å². The lowest BCUT2D eigenvalue weighted by molar-refractivity contribution is -0.133. The molecule has 0 radical (unpaired) electrons. The predicted octanol–water partition coefficient (Wildman–Crippen LogP) is 1.85. The van der Waals surface area contributed by atoms with Crippen LogP contribution in [0.4, 0.5) is 0 Å². The highest BCUT2D eigenvalue weighted by atomic mass is 16.4. The highest BCUT2D eigenvalue weighted by molar-refractivity contribution is 5.98. The molecule has 27 heavy (non-hydrogen) atoms. The maximum atomic E-state index is 12.2. The molecule has 2 amide bonds. The minimum atomic E-state index is -1.07. The summed E-state index contributed by atoms with van der Waals surface area (Å²) in [6.07, 6.45) is 1.66. The zero-order chi connectivity index (χ0) is 19.2. The topological polar surface area (TPSA) is 99.1 Å². The minimum Gasteiger partial charge on any atom is -0.478 e. The van der Waals surface area contributed by atoms with Crippen LogP contribution in [-0.4, -0.2) is 47.1 Å². The van der Waals surface area contributed by atoms with Gasteiger partial charge in [-0.3, -0.25) is 9.59 Å². The van der Waals surface area contributed by atoms with Crippen molar-refractivity contribution in [2.45, 2.75) is 12.3 Å². The summed E-state index contributed by atoms with van der Waals surface area (Å²) in [6, 6.07) is 16.1. The lowest BCUT2D eigenvalue weighted by Gasteiger charge is -2.15. The van der Waals surface area contributed by atoms with Gasteiger partial charge in [0.15, 0.2) is 0 Å². The summed E-state index contributed by atoms with van der Waals surface area (Å²) in [5.41, 5.74) is 3.90. The fourth-order valence-corrected chi connectivity index (χ4v) is 3.06. The number of benzene rings is 2. The molecule has 138 valence electrons. The van der Waals surface area contributed by atoms with E-state index in [2.05, 4.69) is 10.5 Å². The molecule has 2 aromatic carbocycles. The Balaban J connectivity index is 1.55. The van der Waals surface area contributed by atoms with Crippen LogP contribution >= 0.6 is 0 Å². The number of likely N-dealkylation sites (tertiary alicyclic amines) is 1. The quantitative estimate of drug-likeness (QED) is 0.603. The normalized spacial score (nSPS) is 16.7. The van der Waals surface area contributed by atoms with Crippen LogP contribution in [0.25, 0.3) is 0 Å². The molecule has 0 bridgehead atoms. The van der Waals surface area contributed by atoms with Crippen molar-refractivity contribution >= 4 is 24.0 Å². The Bertz CT molecular complexity index is 880. The summed E-state index contributed by atoms with van der Waals surface area (Å²) >= 11 is 0. The van der Waals surface area contributed by atoms with E-state index >= 15 is 0 Å². The largest absolute Gasteiger partial charge is 0.478 e. The number of nitrogens with zero attached hydrogens (tertiary/aromatic N) is 2. The van der Waals surface area contributed by atoms with E-state index < -0.39 is 11.9 Å². The summed E-state index contributed by atoms with van der Waals surface area (Å²) in [6.45, 7) is 0.405. The van der Waals surface area contributed by atoms with Gasteiger partial charge < -0.3 is 10.0 Å². The Morgan fingerprint density at radius 1 is 1.15 bits per heavy atom. The summed E-state index contributed by atoms with van der Waals surface area (Å²) < 4.78 is 0. The fourth-order valence-electron chi connectivity index (χ4n) is 3.06. The first-order chi connectivity index (χ1) is 13.0. The third-order valence-corrected chi connectivity index (χ3v) is 4.40. The number of hydrogen-bond donors (Lipinski definition) is 2. The molecule has 0 unspecified atom stereocenters. The second kappa shape index (κ2) is 8.27. The van der Waals surface area contributed by atoms with Crippen molar-refractivity contribution in [3.63, 3.8) is 0 Å². The van der Waals surface area contributed by atoms with Crippen LogP contribution in [0.15, 0.2) is 59.7 Å². The molecule has 7 heteroatoms. The number of carboxylic acid groups (broad SMARTS) is 1. The molecular formula is C20H19N3O4. The molecule has 1 fully saturated rings. The molecule has 1 aliphatic rings. The number of hydrazone groups is 1. The van der Waals surface area contributed by atoms with Crippen molar-refractivity contribution in [3.05, 3.63) is 71.3 Å². The lowest BCUT2D eigenvalue weighted by Crippen LogP contribution is -2.36. The van der Waals surface area contributed by atoms with Crippen LogP contribution in [0, 0.1) is 0 Å². The van der Waals surface area contributed by atoms with E-state index in [0.717, 1.165) is 5.56 Å². The smallest absolute Gasteiger partial charge is 0.336 e. The fraction of sp³-hybridized carbons (Fsp3) is 0.200. The average molecular weight is 365 g/mol. The number of nitrogens with one attached hydrogen (secondary N) is 1. The zero-order valence-corrected chi connectivity index (χ0v) is 14.5. The molecular weight excluding hydrogens is 346 g/mol. The van der Waals surface area contributed by atoms with Crippen LogP contribution in [0.1, 0.15) is 33.8 Å². The summed E-state index contributed by atoms with van der Waals surface area (Å²) in [5.74, 6) is -1.49. The van der Waals surface area contributed by atoms with Crippen LogP contribution in [0.5, 0.6) is 0 Å². The monoisotopic (exact) mass is 365 g/mol. The van der Waals surface area contributed by atoms with Gasteiger partial charge in [-0.25, -0.2) is 10.2 Å². The molecule has 0 spiro atoms. The van der Waals surface area contributed by atoms with Crippen LogP contribution in [0.2, 0.25) is 0 Å². The van der Waals surface area contributed by atoms with Gasteiger partial charge in [-0.1, -0.05) is 48.5 Å².